The summed E-state index contributed by atoms with van der Waals surface area (Å²) >= 11 is 1.40. The maximum absolute atomic E-state index is 13.4. The summed E-state index contributed by atoms with van der Waals surface area (Å²) in [5.74, 6) is -6.19. The quantitative estimate of drug-likeness (QED) is 0.554. The van der Waals surface area contributed by atoms with Gasteiger partial charge >= 0.3 is 5.97 Å². The van der Waals surface area contributed by atoms with E-state index in [1.165, 1.54) is 11.3 Å². The fraction of sp³-hybridized carbons (Fsp3) is 0.133. The topological polar surface area (TPSA) is 72.7 Å². The van der Waals surface area contributed by atoms with Gasteiger partial charge in [0.25, 0.3) is 5.91 Å². The van der Waals surface area contributed by atoms with Crippen LogP contribution in [0.1, 0.15) is 5.69 Å². The average Bonchev–Trinajstić information content (AvgIpc) is 3.15. The number of rotatable bonds is 5. The highest BCUT2D eigenvalue weighted by molar-refractivity contribution is 7.15. The first kappa shape index (κ1) is 17.0. The van der Waals surface area contributed by atoms with Gasteiger partial charge in [0, 0.05) is 17.8 Å². The predicted molar refractivity (Wildman–Crippen MR) is 82.7 cm³/mol. The molecule has 0 aliphatic carbocycles. The van der Waals surface area contributed by atoms with Gasteiger partial charge in [-0.15, -0.1) is 11.3 Å². The lowest BCUT2D eigenvalue weighted by atomic mass is 10.3. The van der Waals surface area contributed by atoms with Gasteiger partial charge in [-0.3, -0.25) is 14.0 Å². The molecule has 6 nitrogen and oxygen atoms in total. The summed E-state index contributed by atoms with van der Waals surface area (Å²) in [6.45, 7) is -0.695. The number of carbonyl (C=O) groups excluding carboxylic acids is 2. The van der Waals surface area contributed by atoms with Crippen LogP contribution in [0.25, 0.3) is 4.96 Å². The molecule has 0 bridgehead atoms. The van der Waals surface area contributed by atoms with Gasteiger partial charge in [0.15, 0.2) is 29.0 Å². The Morgan fingerprint density at radius 2 is 2.04 bits per heavy atom. The number of anilines is 1. The normalized spacial score (nSPS) is 10.8. The van der Waals surface area contributed by atoms with E-state index in [9.17, 15) is 22.8 Å². The highest BCUT2D eigenvalue weighted by Crippen LogP contribution is 2.19. The smallest absolute Gasteiger partial charge is 0.312 e. The number of nitrogens with zero attached hydrogens (tertiary/aromatic N) is 2. The number of ether oxygens (including phenoxy) is 1. The molecule has 0 radical (unpaired) electrons. The summed E-state index contributed by atoms with van der Waals surface area (Å²) in [5, 5.41) is 3.84. The lowest BCUT2D eigenvalue weighted by molar-refractivity contribution is -0.146. The molecule has 0 fully saturated rings. The number of fused-ring (bicyclic) bond motifs is 1. The Hall–Kier alpha value is -2.88. The first-order valence-corrected chi connectivity index (χ1v) is 7.82. The summed E-state index contributed by atoms with van der Waals surface area (Å²) < 4.78 is 45.8. The maximum atomic E-state index is 13.4. The first-order valence-electron chi connectivity index (χ1n) is 6.94. The van der Waals surface area contributed by atoms with Gasteiger partial charge in [0.1, 0.15) is 0 Å². The Morgan fingerprint density at radius 1 is 1.24 bits per heavy atom. The molecule has 3 aromatic rings. The first-order chi connectivity index (χ1) is 11.9. The van der Waals surface area contributed by atoms with Crippen LogP contribution in [0.15, 0.2) is 29.9 Å². The minimum atomic E-state index is -1.70. The van der Waals surface area contributed by atoms with Crippen LogP contribution in [0.5, 0.6) is 0 Å². The van der Waals surface area contributed by atoms with Gasteiger partial charge in [-0.1, -0.05) is 0 Å². The van der Waals surface area contributed by atoms with E-state index in [1.807, 2.05) is 10.7 Å². The van der Waals surface area contributed by atoms with Crippen LogP contribution in [0.4, 0.5) is 18.9 Å². The van der Waals surface area contributed by atoms with E-state index < -0.39 is 41.6 Å². The zero-order valence-corrected chi connectivity index (χ0v) is 13.3. The van der Waals surface area contributed by atoms with Crippen molar-refractivity contribution >= 4 is 33.9 Å². The SMILES string of the molecule is O=C(COC(=O)Cc1cn2ccsc2n1)Nc1ccc(F)c(F)c1F. The zero-order valence-electron chi connectivity index (χ0n) is 12.5. The Labute approximate surface area is 142 Å². The molecule has 2 aromatic heterocycles. The number of nitrogens with one attached hydrogen (secondary N) is 1. The van der Waals surface area contributed by atoms with Crippen molar-refractivity contribution in [1.29, 1.82) is 0 Å². The molecule has 3 rings (SSSR count). The molecule has 2 heterocycles. The third-order valence-corrected chi connectivity index (χ3v) is 3.91. The van der Waals surface area contributed by atoms with Crippen molar-refractivity contribution in [3.63, 3.8) is 0 Å². The molecule has 130 valence electrons. The van der Waals surface area contributed by atoms with E-state index in [-0.39, 0.29) is 6.42 Å². The fourth-order valence-corrected chi connectivity index (χ4v) is 2.73. The Balaban J connectivity index is 1.52. The van der Waals surface area contributed by atoms with Crippen LogP contribution in [0.2, 0.25) is 0 Å². The molecule has 0 saturated heterocycles. The molecular formula is C15H10F3N3O3S. The van der Waals surface area contributed by atoms with Crippen molar-refractivity contribution in [3.05, 3.63) is 53.1 Å². The molecule has 1 aromatic carbocycles. The van der Waals surface area contributed by atoms with Crippen molar-refractivity contribution in [2.75, 3.05) is 11.9 Å². The van der Waals surface area contributed by atoms with Gasteiger partial charge in [-0.2, -0.15) is 0 Å². The molecule has 0 saturated carbocycles. The molecule has 1 amide bonds. The van der Waals surface area contributed by atoms with Gasteiger partial charge in [-0.05, 0) is 12.1 Å². The molecule has 1 N–H and O–H groups in total. The second kappa shape index (κ2) is 6.93. The van der Waals surface area contributed by atoms with Gasteiger partial charge in [-0.25, -0.2) is 18.2 Å². The molecule has 0 aliphatic heterocycles. The van der Waals surface area contributed by atoms with E-state index in [2.05, 4.69) is 4.98 Å². The average molecular weight is 369 g/mol. The number of hydrogen-bond donors (Lipinski definition) is 1. The molecule has 0 spiro atoms. The zero-order chi connectivity index (χ0) is 18.0. The van der Waals surface area contributed by atoms with Crippen LogP contribution in [-0.2, 0) is 20.7 Å². The maximum Gasteiger partial charge on any atom is 0.312 e. The number of aromatic nitrogens is 2. The summed E-state index contributed by atoms with van der Waals surface area (Å²) in [5.41, 5.74) is -0.0711. The minimum Gasteiger partial charge on any atom is -0.455 e. The molecule has 0 unspecified atom stereocenters. The number of benzene rings is 1. The summed E-state index contributed by atoms with van der Waals surface area (Å²) in [7, 11) is 0. The van der Waals surface area contributed by atoms with Crippen LogP contribution < -0.4 is 5.32 Å². The van der Waals surface area contributed by atoms with Gasteiger partial charge < -0.3 is 10.1 Å². The van der Waals surface area contributed by atoms with Crippen LogP contribution in [0, 0.1) is 17.5 Å². The largest absolute Gasteiger partial charge is 0.455 e. The molecule has 10 heteroatoms. The van der Waals surface area contributed by atoms with Crippen molar-refractivity contribution in [2.45, 2.75) is 6.42 Å². The summed E-state index contributed by atoms with van der Waals surface area (Å²) in [6, 6.07) is 1.54. The van der Waals surface area contributed by atoms with E-state index >= 15 is 0 Å². The van der Waals surface area contributed by atoms with Crippen LogP contribution in [0.3, 0.4) is 0 Å². The second-order valence-corrected chi connectivity index (χ2v) is 5.81. The van der Waals surface area contributed by atoms with E-state index in [4.69, 9.17) is 4.74 Å². The molecule has 25 heavy (non-hydrogen) atoms. The van der Waals surface area contributed by atoms with Gasteiger partial charge in [0.2, 0.25) is 0 Å². The molecule has 0 aliphatic rings. The number of halogens is 3. The lowest BCUT2D eigenvalue weighted by Gasteiger charge is -2.07. The van der Waals surface area contributed by atoms with Crippen molar-refractivity contribution < 1.29 is 27.5 Å². The Bertz CT molecular complexity index is 926. The number of hydrogen-bond acceptors (Lipinski definition) is 5. The monoisotopic (exact) mass is 369 g/mol. The van der Waals surface area contributed by atoms with E-state index in [0.717, 1.165) is 6.07 Å². The van der Waals surface area contributed by atoms with Crippen molar-refractivity contribution in [3.8, 4) is 0 Å². The lowest BCUT2D eigenvalue weighted by Crippen LogP contribution is -2.22. The second-order valence-electron chi connectivity index (χ2n) is 4.93. The predicted octanol–water partition coefficient (Wildman–Crippen LogP) is 2.54. The number of esters is 1. The van der Waals surface area contributed by atoms with Gasteiger partial charge in [0.05, 0.1) is 17.8 Å². The Morgan fingerprint density at radius 3 is 2.80 bits per heavy atom. The summed E-state index contributed by atoms with van der Waals surface area (Å²) in [4.78, 5) is 28.2. The van der Waals surface area contributed by atoms with Crippen molar-refractivity contribution in [2.24, 2.45) is 0 Å². The third kappa shape index (κ3) is 3.79. The molecule has 0 atom stereocenters. The fourth-order valence-electron chi connectivity index (χ4n) is 2.01. The number of imidazole rings is 1. The highest BCUT2D eigenvalue weighted by Gasteiger charge is 2.16. The van der Waals surface area contributed by atoms with Crippen LogP contribution in [-0.4, -0.2) is 27.9 Å². The van der Waals surface area contributed by atoms with E-state index in [0.29, 0.717) is 16.7 Å². The minimum absolute atomic E-state index is 0.138. The molecular weight excluding hydrogens is 359 g/mol. The highest BCUT2D eigenvalue weighted by atomic mass is 32.1. The number of thiazole rings is 1. The number of carbonyl (C=O) groups is 2. The number of amides is 1. The third-order valence-electron chi connectivity index (χ3n) is 3.14. The van der Waals surface area contributed by atoms with Crippen LogP contribution >= 0.6 is 11.3 Å². The van der Waals surface area contributed by atoms with Crippen molar-refractivity contribution in [1.82, 2.24) is 9.38 Å². The standard InChI is InChI=1S/C15H10F3N3O3S/c16-9-1-2-10(14(18)13(9)17)20-11(22)7-24-12(23)5-8-6-21-3-4-25-15(21)19-8/h1-4,6H,5,7H2,(H,20,22). The van der Waals surface area contributed by atoms with E-state index in [1.54, 1.807) is 16.8 Å². The Kier molecular flexibility index (Phi) is 4.70. The summed E-state index contributed by atoms with van der Waals surface area (Å²) in [6.07, 6.45) is 3.30.